The average Bonchev–Trinajstić information content (AvgIpc) is 3.02. The molecule has 0 atom stereocenters. The molecule has 0 bridgehead atoms. The van der Waals surface area contributed by atoms with Crippen LogP contribution in [0.25, 0.3) is 11.0 Å². The van der Waals surface area contributed by atoms with Crippen molar-refractivity contribution in [1.29, 1.82) is 0 Å². The topological polar surface area (TPSA) is 87.2 Å². The van der Waals surface area contributed by atoms with E-state index in [-0.39, 0.29) is 17.9 Å². The van der Waals surface area contributed by atoms with E-state index in [0.29, 0.717) is 32.6 Å². The highest BCUT2D eigenvalue weighted by atomic mass is 16.5. The number of aromatic amines is 1. The molecule has 0 saturated carbocycles. The quantitative estimate of drug-likeness (QED) is 0.751. The SMILES string of the molecule is O=C(CCc1nc2ccccc2[nH]1)NCC1(CO)CCOCC1. The van der Waals surface area contributed by atoms with E-state index in [0.717, 1.165) is 29.7 Å². The number of hydrogen-bond donors (Lipinski definition) is 3. The van der Waals surface area contributed by atoms with Crippen LogP contribution in [0.1, 0.15) is 25.1 Å². The number of carbonyl (C=O) groups is 1. The molecule has 124 valence electrons. The van der Waals surface area contributed by atoms with Gasteiger partial charge in [-0.15, -0.1) is 0 Å². The van der Waals surface area contributed by atoms with Crippen LogP contribution >= 0.6 is 0 Å². The minimum Gasteiger partial charge on any atom is -0.396 e. The Bertz CT molecular complexity index is 629. The number of aliphatic hydroxyl groups is 1. The zero-order chi connectivity index (χ0) is 16.1. The Morgan fingerprint density at radius 2 is 2.13 bits per heavy atom. The highest BCUT2D eigenvalue weighted by molar-refractivity contribution is 5.77. The number of benzene rings is 1. The van der Waals surface area contributed by atoms with Crippen molar-refractivity contribution in [2.75, 3.05) is 26.4 Å². The van der Waals surface area contributed by atoms with E-state index in [4.69, 9.17) is 4.74 Å². The van der Waals surface area contributed by atoms with Crippen LogP contribution in [0.3, 0.4) is 0 Å². The number of imidazole rings is 1. The minimum absolute atomic E-state index is 0.00947. The number of H-pyrrole nitrogens is 1. The number of nitrogens with one attached hydrogen (secondary N) is 2. The van der Waals surface area contributed by atoms with E-state index < -0.39 is 0 Å². The number of nitrogens with zero attached hydrogens (tertiary/aromatic N) is 1. The first-order valence-corrected chi connectivity index (χ1v) is 8.10. The van der Waals surface area contributed by atoms with E-state index in [1.54, 1.807) is 0 Å². The Hall–Kier alpha value is -1.92. The van der Waals surface area contributed by atoms with Crippen molar-refractivity contribution in [3.63, 3.8) is 0 Å². The summed E-state index contributed by atoms with van der Waals surface area (Å²) in [5, 5.41) is 12.6. The highest BCUT2D eigenvalue weighted by Crippen LogP contribution is 2.28. The number of para-hydroxylation sites is 2. The van der Waals surface area contributed by atoms with Crippen molar-refractivity contribution in [3.8, 4) is 0 Å². The Kier molecular flexibility index (Phi) is 4.93. The van der Waals surface area contributed by atoms with E-state index in [2.05, 4.69) is 15.3 Å². The van der Waals surface area contributed by atoms with Crippen LogP contribution in [0, 0.1) is 5.41 Å². The number of rotatable bonds is 6. The molecule has 1 saturated heterocycles. The van der Waals surface area contributed by atoms with Crippen LogP contribution in [-0.2, 0) is 16.0 Å². The molecule has 0 spiro atoms. The van der Waals surface area contributed by atoms with Crippen molar-refractivity contribution in [3.05, 3.63) is 30.1 Å². The molecule has 1 amide bonds. The van der Waals surface area contributed by atoms with Gasteiger partial charge in [0.05, 0.1) is 17.6 Å². The summed E-state index contributed by atoms with van der Waals surface area (Å²) >= 11 is 0. The summed E-state index contributed by atoms with van der Waals surface area (Å²) < 4.78 is 5.33. The van der Waals surface area contributed by atoms with Gasteiger partial charge in [-0.3, -0.25) is 4.79 Å². The fraction of sp³-hybridized carbons (Fsp3) is 0.529. The molecule has 1 aliphatic heterocycles. The standard InChI is InChI=1S/C17H23N3O3/c21-12-17(7-9-23-10-8-17)11-18-16(22)6-5-15-19-13-3-1-2-4-14(13)20-15/h1-4,21H,5-12H2,(H,18,22)(H,19,20). The number of ether oxygens (including phenoxy) is 1. The Morgan fingerprint density at radius 3 is 2.87 bits per heavy atom. The molecular weight excluding hydrogens is 294 g/mol. The lowest BCUT2D eigenvalue weighted by Gasteiger charge is -2.35. The van der Waals surface area contributed by atoms with Crippen LogP contribution in [-0.4, -0.2) is 47.3 Å². The molecule has 0 radical (unpaired) electrons. The van der Waals surface area contributed by atoms with Crippen molar-refractivity contribution in [1.82, 2.24) is 15.3 Å². The summed E-state index contributed by atoms with van der Waals surface area (Å²) in [6, 6.07) is 7.83. The fourth-order valence-electron chi connectivity index (χ4n) is 2.93. The molecule has 6 nitrogen and oxygen atoms in total. The van der Waals surface area contributed by atoms with Crippen LogP contribution < -0.4 is 5.32 Å². The third-order valence-electron chi connectivity index (χ3n) is 4.58. The normalized spacial score (nSPS) is 17.3. The Labute approximate surface area is 135 Å². The maximum Gasteiger partial charge on any atom is 0.220 e. The average molecular weight is 317 g/mol. The molecule has 23 heavy (non-hydrogen) atoms. The van der Waals surface area contributed by atoms with E-state index in [1.807, 2.05) is 24.3 Å². The number of amides is 1. The number of aryl methyl sites for hydroxylation is 1. The molecule has 2 heterocycles. The first-order chi connectivity index (χ1) is 11.2. The third kappa shape index (κ3) is 3.89. The number of fused-ring (bicyclic) bond motifs is 1. The van der Waals surface area contributed by atoms with Crippen LogP contribution in [0.2, 0.25) is 0 Å². The molecule has 0 aliphatic carbocycles. The number of carbonyl (C=O) groups excluding carboxylic acids is 1. The summed E-state index contributed by atoms with van der Waals surface area (Å²) in [5.74, 6) is 0.814. The van der Waals surface area contributed by atoms with E-state index >= 15 is 0 Å². The lowest BCUT2D eigenvalue weighted by molar-refractivity contribution is -0.122. The van der Waals surface area contributed by atoms with Crippen molar-refractivity contribution in [2.45, 2.75) is 25.7 Å². The molecular formula is C17H23N3O3. The fourth-order valence-corrected chi connectivity index (χ4v) is 2.93. The summed E-state index contributed by atoms with van der Waals surface area (Å²) in [6.45, 7) is 1.89. The second-order valence-electron chi connectivity index (χ2n) is 6.25. The Morgan fingerprint density at radius 1 is 1.35 bits per heavy atom. The minimum atomic E-state index is -0.229. The predicted octanol–water partition coefficient (Wildman–Crippen LogP) is 1.40. The van der Waals surface area contributed by atoms with Gasteiger partial charge in [0.2, 0.25) is 5.91 Å². The van der Waals surface area contributed by atoms with Crippen LogP contribution in [0.15, 0.2) is 24.3 Å². The zero-order valence-corrected chi connectivity index (χ0v) is 13.2. The number of aromatic nitrogens is 2. The van der Waals surface area contributed by atoms with Gasteiger partial charge >= 0.3 is 0 Å². The summed E-state index contributed by atoms with van der Waals surface area (Å²) in [5.41, 5.74) is 1.68. The van der Waals surface area contributed by atoms with E-state index in [1.165, 1.54) is 0 Å². The summed E-state index contributed by atoms with van der Waals surface area (Å²) in [6.07, 6.45) is 2.54. The smallest absolute Gasteiger partial charge is 0.220 e. The monoisotopic (exact) mass is 317 g/mol. The zero-order valence-electron chi connectivity index (χ0n) is 13.2. The second-order valence-corrected chi connectivity index (χ2v) is 6.25. The van der Waals surface area contributed by atoms with Gasteiger partial charge in [0.25, 0.3) is 0 Å². The molecule has 0 unspecified atom stereocenters. The predicted molar refractivity (Wildman–Crippen MR) is 87.0 cm³/mol. The summed E-state index contributed by atoms with van der Waals surface area (Å²) in [7, 11) is 0. The molecule has 6 heteroatoms. The van der Waals surface area contributed by atoms with Gasteiger partial charge in [0.15, 0.2) is 0 Å². The molecule has 3 rings (SSSR count). The summed E-state index contributed by atoms with van der Waals surface area (Å²) in [4.78, 5) is 19.8. The van der Waals surface area contributed by atoms with E-state index in [9.17, 15) is 9.90 Å². The molecule has 1 fully saturated rings. The van der Waals surface area contributed by atoms with Gasteiger partial charge in [-0.25, -0.2) is 4.98 Å². The third-order valence-corrected chi connectivity index (χ3v) is 4.58. The molecule has 1 aliphatic rings. The molecule has 1 aromatic heterocycles. The number of aliphatic hydroxyl groups excluding tert-OH is 1. The van der Waals surface area contributed by atoms with Crippen molar-refractivity contribution in [2.24, 2.45) is 5.41 Å². The molecule has 2 aromatic rings. The van der Waals surface area contributed by atoms with Crippen molar-refractivity contribution < 1.29 is 14.6 Å². The maximum absolute atomic E-state index is 12.1. The van der Waals surface area contributed by atoms with Crippen LogP contribution in [0.5, 0.6) is 0 Å². The largest absolute Gasteiger partial charge is 0.396 e. The first-order valence-electron chi connectivity index (χ1n) is 8.10. The first kappa shape index (κ1) is 16.0. The van der Waals surface area contributed by atoms with Gasteiger partial charge in [-0.2, -0.15) is 0 Å². The maximum atomic E-state index is 12.1. The van der Waals surface area contributed by atoms with Crippen molar-refractivity contribution >= 4 is 16.9 Å². The number of hydrogen-bond acceptors (Lipinski definition) is 4. The lowest BCUT2D eigenvalue weighted by atomic mass is 9.81. The van der Waals surface area contributed by atoms with Gasteiger partial charge in [-0.1, -0.05) is 12.1 Å². The molecule has 1 aromatic carbocycles. The second kappa shape index (κ2) is 7.10. The van der Waals surface area contributed by atoms with Crippen LogP contribution in [0.4, 0.5) is 0 Å². The molecule has 3 N–H and O–H groups in total. The van der Waals surface area contributed by atoms with Gasteiger partial charge in [-0.05, 0) is 25.0 Å². The highest BCUT2D eigenvalue weighted by Gasteiger charge is 2.32. The Balaban J connectivity index is 1.49. The van der Waals surface area contributed by atoms with Gasteiger partial charge in [0, 0.05) is 38.0 Å². The van der Waals surface area contributed by atoms with Gasteiger partial charge < -0.3 is 20.1 Å². The lowest BCUT2D eigenvalue weighted by Crippen LogP contribution is -2.43. The van der Waals surface area contributed by atoms with Gasteiger partial charge in [0.1, 0.15) is 5.82 Å².